The van der Waals surface area contributed by atoms with Crippen LogP contribution in [-0.4, -0.2) is 35.4 Å². The number of carbonyl (C=O) groups excluding carboxylic acids is 1. The Morgan fingerprint density at radius 1 is 1.29 bits per heavy atom. The number of thioether (sulfide) groups is 1. The molecule has 0 aliphatic heterocycles. The molecule has 0 fully saturated rings. The Kier molecular flexibility index (Phi) is 6.43. The normalized spacial score (nSPS) is 10.7. The number of esters is 1. The lowest BCUT2D eigenvalue weighted by molar-refractivity contribution is -0.141. The lowest BCUT2D eigenvalue weighted by atomic mass is 10.1. The Hall–Kier alpha value is -2.28. The first-order valence-corrected chi connectivity index (χ1v) is 8.50. The fraction of sp³-hybridized carbons (Fsp3) is 0.353. The summed E-state index contributed by atoms with van der Waals surface area (Å²) >= 11 is 1.14. The summed E-state index contributed by atoms with van der Waals surface area (Å²) in [6.07, 6.45) is 0. The lowest BCUT2D eigenvalue weighted by Crippen LogP contribution is -2.13. The number of ether oxygens (including phenoxy) is 2. The molecule has 0 saturated carbocycles. The van der Waals surface area contributed by atoms with Crippen LogP contribution >= 0.6 is 11.8 Å². The maximum absolute atomic E-state index is 11.8. The Bertz CT molecular complexity index is 741. The van der Waals surface area contributed by atoms with Gasteiger partial charge in [0.25, 0.3) is 5.56 Å². The minimum Gasteiger partial charge on any atom is -0.497 e. The molecule has 0 spiro atoms. The number of carbonyl (C=O) groups is 1. The van der Waals surface area contributed by atoms with Crippen molar-refractivity contribution in [1.82, 2.24) is 9.97 Å². The minimum absolute atomic E-state index is 0.0989. The number of aromatic nitrogens is 2. The molecule has 128 valence electrons. The second kappa shape index (κ2) is 8.54. The molecular formula is C17H20N2O4S. The number of aromatic amines is 1. The van der Waals surface area contributed by atoms with Crippen molar-refractivity contribution in [1.29, 1.82) is 0 Å². The highest BCUT2D eigenvalue weighted by atomic mass is 32.2. The lowest BCUT2D eigenvalue weighted by Gasteiger charge is -2.07. The van der Waals surface area contributed by atoms with Crippen LogP contribution in [0.15, 0.2) is 40.3 Å². The van der Waals surface area contributed by atoms with Crippen molar-refractivity contribution in [2.24, 2.45) is 5.92 Å². The Balaban J connectivity index is 2.07. The first kappa shape index (κ1) is 18.1. The van der Waals surface area contributed by atoms with E-state index in [4.69, 9.17) is 9.47 Å². The number of H-pyrrole nitrogens is 1. The molecule has 6 nitrogen and oxygen atoms in total. The quantitative estimate of drug-likeness (QED) is 0.471. The molecule has 0 radical (unpaired) electrons. The van der Waals surface area contributed by atoms with Gasteiger partial charge in [-0.1, -0.05) is 25.6 Å². The monoisotopic (exact) mass is 348 g/mol. The predicted octanol–water partition coefficient (Wildman–Crippen LogP) is 2.74. The summed E-state index contributed by atoms with van der Waals surface area (Å²) in [6, 6.07) is 8.67. The second-order valence-corrected chi connectivity index (χ2v) is 6.49. The van der Waals surface area contributed by atoms with E-state index in [2.05, 4.69) is 9.97 Å². The average Bonchev–Trinajstić information content (AvgIpc) is 2.57. The van der Waals surface area contributed by atoms with Crippen molar-refractivity contribution in [2.45, 2.75) is 19.0 Å². The van der Waals surface area contributed by atoms with Crippen LogP contribution in [0.25, 0.3) is 11.3 Å². The van der Waals surface area contributed by atoms with Gasteiger partial charge in [-0.05, 0) is 30.2 Å². The van der Waals surface area contributed by atoms with E-state index in [0.717, 1.165) is 23.1 Å². The highest BCUT2D eigenvalue weighted by Crippen LogP contribution is 2.21. The van der Waals surface area contributed by atoms with E-state index in [1.165, 1.54) is 6.07 Å². The van der Waals surface area contributed by atoms with Gasteiger partial charge in [0.1, 0.15) is 5.75 Å². The van der Waals surface area contributed by atoms with E-state index < -0.39 is 0 Å². The molecule has 2 aromatic rings. The van der Waals surface area contributed by atoms with Crippen molar-refractivity contribution >= 4 is 17.7 Å². The van der Waals surface area contributed by atoms with Crippen molar-refractivity contribution in [3.63, 3.8) is 0 Å². The molecule has 24 heavy (non-hydrogen) atoms. The number of hydrogen-bond donors (Lipinski definition) is 1. The van der Waals surface area contributed by atoms with Crippen LogP contribution in [0.5, 0.6) is 5.75 Å². The van der Waals surface area contributed by atoms with E-state index >= 15 is 0 Å². The topological polar surface area (TPSA) is 81.3 Å². The van der Waals surface area contributed by atoms with Gasteiger partial charge in [0.15, 0.2) is 5.16 Å². The molecule has 1 aromatic heterocycles. The maximum atomic E-state index is 11.8. The predicted molar refractivity (Wildman–Crippen MR) is 93.4 cm³/mol. The Morgan fingerprint density at radius 3 is 2.62 bits per heavy atom. The van der Waals surface area contributed by atoms with Crippen LogP contribution in [0.1, 0.15) is 13.8 Å². The zero-order chi connectivity index (χ0) is 17.5. The fourth-order valence-electron chi connectivity index (χ4n) is 1.84. The van der Waals surface area contributed by atoms with E-state index in [1.807, 2.05) is 26.0 Å². The van der Waals surface area contributed by atoms with Gasteiger partial charge < -0.3 is 14.5 Å². The van der Waals surface area contributed by atoms with Crippen LogP contribution in [0.2, 0.25) is 0 Å². The molecule has 0 atom stereocenters. The SMILES string of the molecule is COc1ccc(-c2cc(=O)[nH]c(SCC(=O)OCC(C)C)n2)cc1. The highest BCUT2D eigenvalue weighted by molar-refractivity contribution is 7.99. The Labute approximate surface area is 144 Å². The largest absolute Gasteiger partial charge is 0.497 e. The highest BCUT2D eigenvalue weighted by Gasteiger charge is 2.09. The number of nitrogens with one attached hydrogen (secondary N) is 1. The molecule has 0 bridgehead atoms. The van der Waals surface area contributed by atoms with E-state index in [-0.39, 0.29) is 23.2 Å². The fourth-order valence-corrected chi connectivity index (χ4v) is 2.52. The molecule has 0 saturated heterocycles. The van der Waals surface area contributed by atoms with Gasteiger partial charge in [0.2, 0.25) is 0 Å². The van der Waals surface area contributed by atoms with Crippen molar-refractivity contribution < 1.29 is 14.3 Å². The smallest absolute Gasteiger partial charge is 0.316 e. The van der Waals surface area contributed by atoms with Gasteiger partial charge in [0.05, 0.1) is 25.2 Å². The Morgan fingerprint density at radius 2 is 2.00 bits per heavy atom. The van der Waals surface area contributed by atoms with Crippen LogP contribution in [0, 0.1) is 5.92 Å². The number of methoxy groups -OCH3 is 1. The van der Waals surface area contributed by atoms with Crippen LogP contribution in [-0.2, 0) is 9.53 Å². The first-order valence-electron chi connectivity index (χ1n) is 7.52. The zero-order valence-electron chi connectivity index (χ0n) is 13.9. The molecule has 0 amide bonds. The molecule has 2 rings (SSSR count). The molecule has 0 aliphatic rings. The standard InChI is InChI=1S/C17H20N2O4S/c1-11(2)9-23-16(21)10-24-17-18-14(8-15(20)19-17)12-4-6-13(22-3)7-5-12/h4-8,11H,9-10H2,1-3H3,(H,18,19,20). The van der Waals surface area contributed by atoms with Crippen LogP contribution < -0.4 is 10.3 Å². The summed E-state index contributed by atoms with van der Waals surface area (Å²) in [5.74, 6) is 0.786. The summed E-state index contributed by atoms with van der Waals surface area (Å²) in [7, 11) is 1.59. The summed E-state index contributed by atoms with van der Waals surface area (Å²) in [6.45, 7) is 4.32. The number of rotatable bonds is 7. The maximum Gasteiger partial charge on any atom is 0.316 e. The van der Waals surface area contributed by atoms with Gasteiger partial charge in [-0.2, -0.15) is 0 Å². The third-order valence-corrected chi connectivity index (χ3v) is 3.86. The molecule has 1 N–H and O–H groups in total. The third-order valence-electron chi connectivity index (χ3n) is 3.01. The van der Waals surface area contributed by atoms with Gasteiger partial charge in [-0.15, -0.1) is 0 Å². The third kappa shape index (κ3) is 5.42. The molecule has 1 aromatic carbocycles. The summed E-state index contributed by atoms with van der Waals surface area (Å²) in [5.41, 5.74) is 1.07. The molecule has 0 aliphatic carbocycles. The molecular weight excluding hydrogens is 328 g/mol. The van der Waals surface area contributed by atoms with Crippen LogP contribution in [0.3, 0.4) is 0 Å². The van der Waals surface area contributed by atoms with Gasteiger partial charge in [-0.3, -0.25) is 9.59 Å². The first-order chi connectivity index (χ1) is 11.5. The van der Waals surface area contributed by atoms with Crippen molar-refractivity contribution in [3.05, 3.63) is 40.7 Å². The zero-order valence-corrected chi connectivity index (χ0v) is 14.7. The number of nitrogens with zero attached hydrogens (tertiary/aromatic N) is 1. The van der Waals surface area contributed by atoms with Gasteiger partial charge in [0, 0.05) is 11.6 Å². The number of benzene rings is 1. The summed E-state index contributed by atoms with van der Waals surface area (Å²) in [5, 5.41) is 0.384. The summed E-state index contributed by atoms with van der Waals surface area (Å²) in [4.78, 5) is 30.5. The van der Waals surface area contributed by atoms with Gasteiger partial charge in [-0.25, -0.2) is 4.98 Å². The number of hydrogen-bond acceptors (Lipinski definition) is 6. The second-order valence-electron chi connectivity index (χ2n) is 5.53. The van der Waals surface area contributed by atoms with Gasteiger partial charge >= 0.3 is 5.97 Å². The average molecular weight is 348 g/mol. The minimum atomic E-state index is -0.328. The van der Waals surface area contributed by atoms with E-state index in [0.29, 0.717) is 17.5 Å². The molecule has 0 unspecified atom stereocenters. The van der Waals surface area contributed by atoms with E-state index in [1.54, 1.807) is 19.2 Å². The van der Waals surface area contributed by atoms with E-state index in [9.17, 15) is 9.59 Å². The van der Waals surface area contributed by atoms with Crippen LogP contribution in [0.4, 0.5) is 0 Å². The van der Waals surface area contributed by atoms with Crippen molar-refractivity contribution in [2.75, 3.05) is 19.5 Å². The molecule has 1 heterocycles. The molecule has 7 heteroatoms. The van der Waals surface area contributed by atoms with Crippen molar-refractivity contribution in [3.8, 4) is 17.0 Å². The summed E-state index contributed by atoms with van der Waals surface area (Å²) < 4.78 is 10.2.